The molecule has 0 bridgehead atoms. The van der Waals surface area contributed by atoms with Gasteiger partial charge in [-0.2, -0.15) is 5.10 Å². The van der Waals surface area contributed by atoms with Crippen LogP contribution in [-0.4, -0.2) is 39.6 Å². The van der Waals surface area contributed by atoms with E-state index in [0.717, 1.165) is 16.9 Å². The van der Waals surface area contributed by atoms with Crippen molar-refractivity contribution < 1.29 is 14.0 Å². The van der Waals surface area contributed by atoms with Crippen LogP contribution in [0.2, 0.25) is 0 Å². The average molecular weight is 451 g/mol. The highest BCUT2D eigenvalue weighted by atomic mass is 19.1. The van der Waals surface area contributed by atoms with Gasteiger partial charge in [-0.05, 0) is 43.2 Å². The summed E-state index contributed by atoms with van der Waals surface area (Å²) in [6, 6.07) is 15.5. The van der Waals surface area contributed by atoms with E-state index in [-0.39, 0.29) is 36.0 Å². The van der Waals surface area contributed by atoms with E-state index >= 15 is 0 Å². The Kier molecular flexibility index (Phi) is 7.31. The summed E-state index contributed by atoms with van der Waals surface area (Å²) in [5.74, 6) is -0.291. The number of carbonyl (C=O) groups excluding carboxylic acids is 2. The first-order valence-electron chi connectivity index (χ1n) is 11.1. The van der Waals surface area contributed by atoms with E-state index in [0.29, 0.717) is 17.9 Å². The van der Waals surface area contributed by atoms with Crippen molar-refractivity contribution in [3.05, 3.63) is 77.2 Å². The van der Waals surface area contributed by atoms with Gasteiger partial charge < -0.3 is 10.2 Å². The Labute approximate surface area is 194 Å². The standard InChI is InChI=1S/C26H31FN4O2/c1-6-30(25(33)15-19-11-13-20(27)14-12-19)17-24(32)28-23-16-22(26(3,4)5)29-31(23)21-10-8-7-9-18(21)2/h7-14,16H,6,15,17H2,1-5H3,(H,28,32). The SMILES string of the molecule is CCN(CC(=O)Nc1cc(C(C)(C)C)nn1-c1ccccc1C)C(=O)Cc1ccc(F)cc1. The maximum atomic E-state index is 13.1. The molecule has 1 N–H and O–H groups in total. The summed E-state index contributed by atoms with van der Waals surface area (Å²) in [7, 11) is 0. The average Bonchev–Trinajstić information content (AvgIpc) is 3.18. The van der Waals surface area contributed by atoms with Gasteiger partial charge in [-0.3, -0.25) is 9.59 Å². The zero-order chi connectivity index (χ0) is 24.2. The fourth-order valence-electron chi connectivity index (χ4n) is 3.44. The number of aromatic nitrogens is 2. The van der Waals surface area contributed by atoms with E-state index in [1.54, 1.807) is 16.8 Å². The number of aryl methyl sites for hydroxylation is 1. The van der Waals surface area contributed by atoms with Gasteiger partial charge >= 0.3 is 0 Å². The van der Waals surface area contributed by atoms with Crippen molar-refractivity contribution in [1.29, 1.82) is 0 Å². The van der Waals surface area contributed by atoms with E-state index in [9.17, 15) is 14.0 Å². The zero-order valence-electron chi connectivity index (χ0n) is 19.9. The third-order valence-corrected chi connectivity index (χ3v) is 5.43. The van der Waals surface area contributed by atoms with Crippen molar-refractivity contribution in [2.45, 2.75) is 46.5 Å². The molecular weight excluding hydrogens is 419 g/mol. The first-order chi connectivity index (χ1) is 15.6. The third-order valence-electron chi connectivity index (χ3n) is 5.43. The van der Waals surface area contributed by atoms with Gasteiger partial charge in [0, 0.05) is 18.0 Å². The first kappa shape index (κ1) is 24.2. The molecule has 0 saturated carbocycles. The van der Waals surface area contributed by atoms with Gasteiger partial charge in [0.25, 0.3) is 0 Å². The van der Waals surface area contributed by atoms with Crippen LogP contribution in [0.3, 0.4) is 0 Å². The van der Waals surface area contributed by atoms with Crippen LogP contribution in [0, 0.1) is 12.7 Å². The number of carbonyl (C=O) groups is 2. The van der Waals surface area contributed by atoms with Gasteiger partial charge in [-0.15, -0.1) is 0 Å². The first-order valence-corrected chi connectivity index (χ1v) is 11.1. The van der Waals surface area contributed by atoms with E-state index in [4.69, 9.17) is 5.10 Å². The Bertz CT molecular complexity index is 1130. The molecule has 33 heavy (non-hydrogen) atoms. The summed E-state index contributed by atoms with van der Waals surface area (Å²) >= 11 is 0. The Hall–Kier alpha value is -3.48. The van der Waals surface area contributed by atoms with Crippen molar-refractivity contribution in [2.24, 2.45) is 0 Å². The molecule has 0 spiro atoms. The molecule has 2 amide bonds. The molecule has 3 aromatic rings. The maximum Gasteiger partial charge on any atom is 0.245 e. The van der Waals surface area contributed by atoms with Gasteiger partial charge in [0.05, 0.1) is 24.3 Å². The summed E-state index contributed by atoms with van der Waals surface area (Å²) < 4.78 is 14.9. The van der Waals surface area contributed by atoms with E-state index < -0.39 is 0 Å². The van der Waals surface area contributed by atoms with E-state index in [2.05, 4.69) is 26.1 Å². The minimum atomic E-state index is -0.349. The Balaban J connectivity index is 1.78. The second-order valence-electron chi connectivity index (χ2n) is 9.12. The van der Waals surface area contributed by atoms with Crippen molar-refractivity contribution in [3.63, 3.8) is 0 Å². The summed E-state index contributed by atoms with van der Waals surface area (Å²) in [5.41, 5.74) is 3.26. The Morgan fingerprint density at radius 2 is 1.76 bits per heavy atom. The lowest BCUT2D eigenvalue weighted by molar-refractivity contribution is -0.133. The molecule has 7 heteroatoms. The van der Waals surface area contributed by atoms with Crippen LogP contribution in [0.4, 0.5) is 10.2 Å². The molecule has 0 saturated heterocycles. The predicted molar refractivity (Wildman–Crippen MR) is 128 cm³/mol. The highest BCUT2D eigenvalue weighted by Gasteiger charge is 2.23. The van der Waals surface area contributed by atoms with Crippen LogP contribution in [-0.2, 0) is 21.4 Å². The summed E-state index contributed by atoms with van der Waals surface area (Å²) in [6.45, 7) is 10.3. The lowest BCUT2D eigenvalue weighted by atomic mass is 9.92. The van der Waals surface area contributed by atoms with Crippen LogP contribution in [0.1, 0.15) is 44.5 Å². The largest absolute Gasteiger partial charge is 0.333 e. The lowest BCUT2D eigenvalue weighted by Gasteiger charge is -2.20. The van der Waals surface area contributed by atoms with Gasteiger partial charge in [0.2, 0.25) is 11.8 Å². The number of amides is 2. The fourth-order valence-corrected chi connectivity index (χ4v) is 3.44. The molecule has 0 unspecified atom stereocenters. The zero-order valence-corrected chi connectivity index (χ0v) is 19.9. The number of para-hydroxylation sites is 1. The van der Waals surface area contributed by atoms with Crippen molar-refractivity contribution in [1.82, 2.24) is 14.7 Å². The monoisotopic (exact) mass is 450 g/mol. The molecule has 0 atom stereocenters. The molecule has 0 fully saturated rings. The number of hydrogen-bond acceptors (Lipinski definition) is 3. The molecule has 2 aromatic carbocycles. The predicted octanol–water partition coefficient (Wildman–Crippen LogP) is 4.65. The van der Waals surface area contributed by atoms with Crippen LogP contribution in [0.5, 0.6) is 0 Å². The van der Waals surface area contributed by atoms with Gasteiger partial charge in [0.15, 0.2) is 0 Å². The molecule has 3 rings (SSSR count). The normalized spacial score (nSPS) is 11.3. The molecule has 6 nitrogen and oxygen atoms in total. The number of halogens is 1. The molecular formula is C26H31FN4O2. The maximum absolute atomic E-state index is 13.1. The fraction of sp³-hybridized carbons (Fsp3) is 0.346. The minimum Gasteiger partial charge on any atom is -0.333 e. The van der Waals surface area contributed by atoms with Crippen molar-refractivity contribution in [2.75, 3.05) is 18.4 Å². The van der Waals surface area contributed by atoms with E-state index in [1.807, 2.05) is 44.2 Å². The molecule has 1 aromatic heterocycles. The van der Waals surface area contributed by atoms with Crippen LogP contribution >= 0.6 is 0 Å². The number of likely N-dealkylation sites (N-methyl/N-ethyl adjacent to an activating group) is 1. The van der Waals surface area contributed by atoms with Gasteiger partial charge in [0.1, 0.15) is 11.6 Å². The van der Waals surface area contributed by atoms with Gasteiger partial charge in [-0.1, -0.05) is 51.1 Å². The second-order valence-corrected chi connectivity index (χ2v) is 9.12. The highest BCUT2D eigenvalue weighted by Crippen LogP contribution is 2.27. The molecule has 0 aliphatic heterocycles. The number of benzene rings is 2. The van der Waals surface area contributed by atoms with Gasteiger partial charge in [-0.25, -0.2) is 9.07 Å². The number of rotatable bonds is 7. The topological polar surface area (TPSA) is 67.2 Å². The molecule has 0 aliphatic rings. The number of nitrogens with one attached hydrogen (secondary N) is 1. The third kappa shape index (κ3) is 6.06. The van der Waals surface area contributed by atoms with Crippen LogP contribution < -0.4 is 5.32 Å². The molecule has 0 radical (unpaired) electrons. The second kappa shape index (κ2) is 9.98. The molecule has 0 aliphatic carbocycles. The van der Waals surface area contributed by atoms with Crippen LogP contribution in [0.15, 0.2) is 54.6 Å². The number of hydrogen-bond donors (Lipinski definition) is 1. The Morgan fingerprint density at radius 3 is 2.36 bits per heavy atom. The van der Waals surface area contributed by atoms with Crippen molar-refractivity contribution >= 4 is 17.6 Å². The summed E-state index contributed by atoms with van der Waals surface area (Å²) in [5, 5.41) is 7.69. The summed E-state index contributed by atoms with van der Waals surface area (Å²) in [4.78, 5) is 27.1. The number of anilines is 1. The highest BCUT2D eigenvalue weighted by molar-refractivity contribution is 5.94. The Morgan fingerprint density at radius 1 is 1.09 bits per heavy atom. The van der Waals surface area contributed by atoms with Crippen LogP contribution in [0.25, 0.3) is 5.69 Å². The van der Waals surface area contributed by atoms with Crippen molar-refractivity contribution in [3.8, 4) is 5.69 Å². The molecule has 1 heterocycles. The van der Waals surface area contributed by atoms with E-state index in [1.165, 1.54) is 17.0 Å². The smallest absolute Gasteiger partial charge is 0.245 e. The lowest BCUT2D eigenvalue weighted by Crippen LogP contribution is -2.39. The summed E-state index contributed by atoms with van der Waals surface area (Å²) in [6.07, 6.45) is 0.108. The number of nitrogens with zero attached hydrogens (tertiary/aromatic N) is 3. The minimum absolute atomic E-state index is 0.0830. The quantitative estimate of drug-likeness (QED) is 0.570. The molecule has 174 valence electrons.